The van der Waals surface area contributed by atoms with Crippen molar-refractivity contribution in [1.82, 2.24) is 9.97 Å². The van der Waals surface area contributed by atoms with E-state index in [1.807, 2.05) is 0 Å². The number of anilines is 1. The van der Waals surface area contributed by atoms with Gasteiger partial charge < -0.3 is 10.5 Å². The second kappa shape index (κ2) is 6.26. The van der Waals surface area contributed by atoms with E-state index in [2.05, 4.69) is 16.5 Å². The lowest BCUT2D eigenvalue weighted by Crippen LogP contribution is -2.40. The van der Waals surface area contributed by atoms with E-state index < -0.39 is 12.2 Å². The Hall–Kier alpha value is -1.99. The minimum atomic E-state index is -0.574. The van der Waals surface area contributed by atoms with E-state index in [4.69, 9.17) is 15.3 Å². The number of nitrogens with two attached hydrogens (primary N) is 1. The third kappa shape index (κ3) is 3.49. The average molecular weight is 264 g/mol. The molecule has 0 bridgehead atoms. The number of carbonyl (C=O) groups excluding carboxylic acids is 1. The number of rotatable bonds is 4. The summed E-state index contributed by atoms with van der Waals surface area (Å²) in [5.74, 6) is -0.331. The molecule has 0 saturated carbocycles. The van der Waals surface area contributed by atoms with Crippen LogP contribution in [-0.4, -0.2) is 28.8 Å². The fraction of sp³-hybridized carbons (Fsp3) is 0.417. The lowest BCUT2D eigenvalue weighted by molar-refractivity contribution is -0.176. The lowest BCUT2D eigenvalue weighted by atomic mass is 10.2. The van der Waals surface area contributed by atoms with E-state index in [9.17, 15) is 4.79 Å². The predicted molar refractivity (Wildman–Crippen MR) is 67.5 cm³/mol. The normalized spacial score (nSPS) is 18.8. The number of ether oxygens (including phenoxy) is 1. The summed E-state index contributed by atoms with van der Waals surface area (Å²) in [6.07, 6.45) is 6.56. The Morgan fingerprint density at radius 2 is 2.37 bits per heavy atom. The third-order valence-electron chi connectivity index (χ3n) is 2.58. The zero-order chi connectivity index (χ0) is 13.7. The molecule has 102 valence electrons. The summed E-state index contributed by atoms with van der Waals surface area (Å²) in [6.45, 7) is 4.02. The standard InChI is InChI=1S/C12H16N4O3/c1-9(13)12(17)16(10-8-14-5-6-15-10)19-11-4-2-3-7-18-11/h5-6,8,11H,1-4,7,13H2. The van der Waals surface area contributed by atoms with Crippen LogP contribution in [0, 0.1) is 0 Å². The molecule has 0 radical (unpaired) electrons. The zero-order valence-electron chi connectivity index (χ0n) is 10.5. The molecule has 2 N–H and O–H groups in total. The Bertz CT molecular complexity index is 446. The van der Waals surface area contributed by atoms with E-state index in [0.717, 1.165) is 17.9 Å². The number of hydrogen-bond acceptors (Lipinski definition) is 6. The fourth-order valence-corrected chi connectivity index (χ4v) is 1.64. The van der Waals surface area contributed by atoms with Gasteiger partial charge in [-0.25, -0.2) is 9.82 Å². The van der Waals surface area contributed by atoms with E-state index in [1.54, 1.807) is 0 Å². The molecule has 1 saturated heterocycles. The highest BCUT2D eigenvalue weighted by Gasteiger charge is 2.25. The van der Waals surface area contributed by atoms with E-state index in [0.29, 0.717) is 13.0 Å². The Morgan fingerprint density at radius 1 is 1.53 bits per heavy atom. The number of amides is 1. The molecule has 1 unspecified atom stereocenters. The fourth-order valence-electron chi connectivity index (χ4n) is 1.64. The molecule has 7 nitrogen and oxygen atoms in total. The Morgan fingerprint density at radius 3 is 2.95 bits per heavy atom. The molecular weight excluding hydrogens is 248 g/mol. The maximum Gasteiger partial charge on any atom is 0.299 e. The van der Waals surface area contributed by atoms with Crippen molar-refractivity contribution < 1.29 is 14.4 Å². The first-order chi connectivity index (χ1) is 9.18. The Kier molecular flexibility index (Phi) is 4.43. The monoisotopic (exact) mass is 264 g/mol. The van der Waals surface area contributed by atoms with Crippen LogP contribution >= 0.6 is 0 Å². The number of carbonyl (C=O) groups is 1. The van der Waals surface area contributed by atoms with Crippen molar-refractivity contribution in [2.45, 2.75) is 25.6 Å². The summed E-state index contributed by atoms with van der Waals surface area (Å²) < 4.78 is 5.43. The summed E-state index contributed by atoms with van der Waals surface area (Å²) in [6, 6.07) is 0. The smallest absolute Gasteiger partial charge is 0.299 e. The van der Waals surface area contributed by atoms with Crippen LogP contribution in [0.1, 0.15) is 19.3 Å². The summed E-state index contributed by atoms with van der Waals surface area (Å²) in [5.41, 5.74) is 5.29. The van der Waals surface area contributed by atoms with E-state index in [1.165, 1.54) is 18.6 Å². The van der Waals surface area contributed by atoms with Crippen molar-refractivity contribution in [2.24, 2.45) is 5.73 Å². The largest absolute Gasteiger partial charge is 0.395 e. The zero-order valence-corrected chi connectivity index (χ0v) is 10.5. The second-order valence-electron chi connectivity index (χ2n) is 4.09. The van der Waals surface area contributed by atoms with Crippen molar-refractivity contribution in [3.63, 3.8) is 0 Å². The molecule has 1 atom stereocenters. The minimum Gasteiger partial charge on any atom is -0.395 e. The van der Waals surface area contributed by atoms with Crippen LogP contribution in [0.15, 0.2) is 30.9 Å². The van der Waals surface area contributed by atoms with Gasteiger partial charge in [0.15, 0.2) is 12.1 Å². The molecule has 2 rings (SSSR count). The van der Waals surface area contributed by atoms with E-state index >= 15 is 0 Å². The number of nitrogens with zero attached hydrogens (tertiary/aromatic N) is 3. The van der Waals surface area contributed by atoms with E-state index in [-0.39, 0.29) is 11.5 Å². The van der Waals surface area contributed by atoms with Gasteiger partial charge >= 0.3 is 0 Å². The van der Waals surface area contributed by atoms with Crippen molar-refractivity contribution >= 4 is 11.7 Å². The lowest BCUT2D eigenvalue weighted by Gasteiger charge is -2.28. The van der Waals surface area contributed by atoms with Gasteiger partial charge in [0, 0.05) is 25.4 Å². The molecule has 0 aliphatic carbocycles. The quantitative estimate of drug-likeness (QED) is 0.637. The van der Waals surface area contributed by atoms with Crippen LogP contribution in [0.4, 0.5) is 5.82 Å². The first kappa shape index (κ1) is 13.4. The van der Waals surface area contributed by atoms with Gasteiger partial charge in [-0.2, -0.15) is 5.06 Å². The molecule has 7 heteroatoms. The molecule has 1 aliphatic rings. The molecule has 2 heterocycles. The highest BCUT2D eigenvalue weighted by molar-refractivity contribution is 6.02. The Labute approximate surface area is 111 Å². The molecule has 19 heavy (non-hydrogen) atoms. The molecule has 1 aliphatic heterocycles. The first-order valence-corrected chi connectivity index (χ1v) is 6.01. The van der Waals surface area contributed by atoms with Gasteiger partial charge in [0.25, 0.3) is 5.91 Å². The summed E-state index contributed by atoms with van der Waals surface area (Å²) >= 11 is 0. The van der Waals surface area contributed by atoms with Crippen LogP contribution in [0.2, 0.25) is 0 Å². The number of aromatic nitrogens is 2. The van der Waals surface area contributed by atoms with Crippen molar-refractivity contribution in [3.8, 4) is 0 Å². The summed E-state index contributed by atoms with van der Waals surface area (Å²) in [5, 5.41) is 0.977. The molecular formula is C12H16N4O3. The average Bonchev–Trinajstić information content (AvgIpc) is 2.46. The van der Waals surface area contributed by atoms with Crippen LogP contribution in [-0.2, 0) is 14.4 Å². The van der Waals surface area contributed by atoms with Crippen LogP contribution in [0.25, 0.3) is 0 Å². The van der Waals surface area contributed by atoms with Crippen molar-refractivity contribution in [2.75, 3.05) is 11.7 Å². The summed E-state index contributed by atoms with van der Waals surface area (Å²) in [4.78, 5) is 25.4. The van der Waals surface area contributed by atoms with Gasteiger partial charge in [-0.1, -0.05) is 6.58 Å². The van der Waals surface area contributed by atoms with Crippen LogP contribution in [0.5, 0.6) is 0 Å². The van der Waals surface area contributed by atoms with Gasteiger partial charge in [-0.3, -0.25) is 9.78 Å². The first-order valence-electron chi connectivity index (χ1n) is 6.01. The van der Waals surface area contributed by atoms with Gasteiger partial charge in [0.05, 0.1) is 11.9 Å². The number of hydroxylamine groups is 1. The molecule has 1 amide bonds. The molecule has 0 spiro atoms. The van der Waals surface area contributed by atoms with Crippen LogP contribution in [0.3, 0.4) is 0 Å². The maximum atomic E-state index is 12.0. The highest BCUT2D eigenvalue weighted by atomic mass is 16.8. The maximum absolute atomic E-state index is 12.0. The molecule has 0 aromatic carbocycles. The molecule has 1 fully saturated rings. The minimum absolute atomic E-state index is 0.138. The van der Waals surface area contributed by atoms with Gasteiger partial charge in [-0.05, 0) is 12.8 Å². The second-order valence-corrected chi connectivity index (χ2v) is 4.09. The van der Waals surface area contributed by atoms with Crippen LogP contribution < -0.4 is 10.8 Å². The van der Waals surface area contributed by atoms with Gasteiger partial charge in [-0.15, -0.1) is 0 Å². The molecule has 1 aromatic heterocycles. The van der Waals surface area contributed by atoms with Crippen molar-refractivity contribution in [3.05, 3.63) is 30.9 Å². The van der Waals surface area contributed by atoms with Crippen molar-refractivity contribution in [1.29, 1.82) is 0 Å². The van der Waals surface area contributed by atoms with Gasteiger partial charge in [0.1, 0.15) is 0 Å². The predicted octanol–water partition coefficient (Wildman–Crippen LogP) is 0.740. The Balaban J connectivity index is 2.14. The third-order valence-corrected chi connectivity index (χ3v) is 2.58. The summed E-state index contributed by atoms with van der Waals surface area (Å²) in [7, 11) is 0. The molecule has 1 aromatic rings. The SMILES string of the molecule is C=C(N)C(=O)N(OC1CCCCO1)c1cnccn1. The highest BCUT2D eigenvalue weighted by Crippen LogP contribution is 2.19. The van der Waals surface area contributed by atoms with Gasteiger partial charge in [0.2, 0.25) is 0 Å². The number of hydrogen-bond donors (Lipinski definition) is 1. The topological polar surface area (TPSA) is 90.6 Å².